The summed E-state index contributed by atoms with van der Waals surface area (Å²) in [5.41, 5.74) is 0. The Morgan fingerprint density at radius 2 is 1.79 bits per heavy atom. The van der Waals surface area contributed by atoms with Crippen molar-refractivity contribution < 1.29 is 8.42 Å². The summed E-state index contributed by atoms with van der Waals surface area (Å²) >= 11 is 6.52. The van der Waals surface area contributed by atoms with Gasteiger partial charge in [0.05, 0.1) is 10.1 Å². The first-order valence-corrected chi connectivity index (χ1v) is 7.18. The van der Waals surface area contributed by atoms with E-state index in [0.717, 1.165) is 4.47 Å². The number of hydrogen-bond donors (Lipinski definition) is 0. The summed E-state index contributed by atoms with van der Waals surface area (Å²) in [6.07, 6.45) is 0. The molecule has 0 atom stereocenters. The minimum Gasteiger partial charge on any atom is -0.223 e. The molecular formula is C9H10Br2O2S. The Morgan fingerprint density at radius 3 is 2.21 bits per heavy atom. The SMILES string of the molecule is CC(C)S(=O)(=O)c1ccc(Br)cc1Br. The standard InChI is InChI=1S/C9H10Br2O2S/c1-6(2)14(12,13)9-4-3-7(10)5-8(9)11/h3-6H,1-2H3. The third kappa shape index (κ3) is 2.38. The molecule has 1 aromatic rings. The van der Waals surface area contributed by atoms with Crippen LogP contribution in [0.25, 0.3) is 0 Å². The zero-order valence-electron chi connectivity index (χ0n) is 7.79. The Morgan fingerprint density at radius 1 is 1.21 bits per heavy atom. The van der Waals surface area contributed by atoms with Crippen LogP contribution < -0.4 is 0 Å². The summed E-state index contributed by atoms with van der Waals surface area (Å²) in [5.74, 6) is 0. The average Bonchev–Trinajstić information content (AvgIpc) is 2.02. The molecule has 0 spiro atoms. The third-order valence-electron chi connectivity index (χ3n) is 1.82. The molecule has 0 saturated carbocycles. The van der Waals surface area contributed by atoms with Crippen LogP contribution in [0.15, 0.2) is 32.0 Å². The molecule has 0 fully saturated rings. The molecule has 0 aliphatic heterocycles. The van der Waals surface area contributed by atoms with E-state index in [2.05, 4.69) is 31.9 Å². The summed E-state index contributed by atoms with van der Waals surface area (Å²) in [5, 5.41) is -0.403. The Hall–Kier alpha value is 0.130. The molecule has 0 aliphatic carbocycles. The van der Waals surface area contributed by atoms with Crippen LogP contribution in [0.1, 0.15) is 13.8 Å². The quantitative estimate of drug-likeness (QED) is 0.826. The number of benzene rings is 1. The maximum Gasteiger partial charge on any atom is 0.181 e. The van der Waals surface area contributed by atoms with Crippen molar-refractivity contribution in [2.75, 3.05) is 0 Å². The number of sulfone groups is 1. The molecule has 0 N–H and O–H groups in total. The van der Waals surface area contributed by atoms with Gasteiger partial charge in [-0.05, 0) is 48.0 Å². The zero-order chi connectivity index (χ0) is 10.9. The average molecular weight is 342 g/mol. The molecule has 0 radical (unpaired) electrons. The van der Waals surface area contributed by atoms with Crippen LogP contribution >= 0.6 is 31.9 Å². The molecule has 14 heavy (non-hydrogen) atoms. The van der Waals surface area contributed by atoms with E-state index in [-0.39, 0.29) is 0 Å². The topological polar surface area (TPSA) is 34.1 Å². The van der Waals surface area contributed by atoms with Crippen LogP contribution in [0.4, 0.5) is 0 Å². The Bertz CT molecular complexity index is 438. The van der Waals surface area contributed by atoms with Crippen LogP contribution in [0, 0.1) is 0 Å². The molecule has 0 saturated heterocycles. The molecule has 2 nitrogen and oxygen atoms in total. The van der Waals surface area contributed by atoms with Crippen molar-refractivity contribution >= 4 is 41.7 Å². The van der Waals surface area contributed by atoms with Crippen molar-refractivity contribution in [2.45, 2.75) is 24.0 Å². The zero-order valence-corrected chi connectivity index (χ0v) is 11.8. The van der Waals surface area contributed by atoms with E-state index in [1.807, 2.05) is 0 Å². The van der Waals surface area contributed by atoms with E-state index in [1.54, 1.807) is 32.0 Å². The smallest absolute Gasteiger partial charge is 0.181 e. The largest absolute Gasteiger partial charge is 0.223 e. The van der Waals surface area contributed by atoms with Gasteiger partial charge in [0.1, 0.15) is 0 Å². The fourth-order valence-electron chi connectivity index (χ4n) is 0.960. The van der Waals surface area contributed by atoms with Crippen molar-refractivity contribution in [3.63, 3.8) is 0 Å². The van der Waals surface area contributed by atoms with Crippen molar-refractivity contribution in [3.8, 4) is 0 Å². The second-order valence-electron chi connectivity index (χ2n) is 3.17. The molecule has 78 valence electrons. The highest BCUT2D eigenvalue weighted by Gasteiger charge is 2.21. The van der Waals surface area contributed by atoms with Crippen LogP contribution in [-0.2, 0) is 9.84 Å². The van der Waals surface area contributed by atoms with Gasteiger partial charge in [-0.2, -0.15) is 0 Å². The molecule has 0 amide bonds. The van der Waals surface area contributed by atoms with Gasteiger partial charge in [0, 0.05) is 8.95 Å². The molecule has 5 heteroatoms. The maximum absolute atomic E-state index is 11.8. The van der Waals surface area contributed by atoms with E-state index in [0.29, 0.717) is 9.37 Å². The summed E-state index contributed by atoms with van der Waals surface area (Å²) < 4.78 is 25.1. The lowest BCUT2D eigenvalue weighted by Gasteiger charge is -2.09. The molecule has 0 unspecified atom stereocenters. The predicted molar refractivity (Wildman–Crippen MR) is 64.2 cm³/mol. The van der Waals surface area contributed by atoms with E-state index in [1.165, 1.54) is 0 Å². The van der Waals surface area contributed by atoms with Gasteiger partial charge in [0.25, 0.3) is 0 Å². The van der Waals surface area contributed by atoms with Crippen molar-refractivity contribution in [3.05, 3.63) is 27.1 Å². The fraction of sp³-hybridized carbons (Fsp3) is 0.333. The minimum absolute atomic E-state index is 0.343. The summed E-state index contributed by atoms with van der Waals surface area (Å²) in [6.45, 7) is 3.34. The highest BCUT2D eigenvalue weighted by atomic mass is 79.9. The van der Waals surface area contributed by atoms with Crippen LogP contribution in [0.2, 0.25) is 0 Å². The van der Waals surface area contributed by atoms with Crippen molar-refractivity contribution in [2.24, 2.45) is 0 Å². The highest BCUT2D eigenvalue weighted by molar-refractivity contribution is 9.11. The van der Waals surface area contributed by atoms with Gasteiger partial charge in [0.2, 0.25) is 0 Å². The summed E-state index contributed by atoms with van der Waals surface area (Å²) in [6, 6.07) is 5.05. The second-order valence-corrected chi connectivity index (χ2v) is 7.41. The Labute approximate surface area is 101 Å². The number of halogens is 2. The highest BCUT2D eigenvalue weighted by Crippen LogP contribution is 2.28. The van der Waals surface area contributed by atoms with Crippen molar-refractivity contribution in [1.29, 1.82) is 0 Å². The van der Waals surface area contributed by atoms with E-state index < -0.39 is 15.1 Å². The van der Waals surface area contributed by atoms with Gasteiger partial charge < -0.3 is 0 Å². The van der Waals surface area contributed by atoms with Crippen molar-refractivity contribution in [1.82, 2.24) is 0 Å². The van der Waals surface area contributed by atoms with E-state index in [4.69, 9.17) is 0 Å². The first kappa shape index (κ1) is 12.2. The van der Waals surface area contributed by atoms with Gasteiger partial charge in [-0.3, -0.25) is 0 Å². The van der Waals surface area contributed by atoms with Crippen LogP contribution in [0.3, 0.4) is 0 Å². The Kier molecular flexibility index (Phi) is 3.77. The lowest BCUT2D eigenvalue weighted by Crippen LogP contribution is -2.14. The van der Waals surface area contributed by atoms with Crippen LogP contribution in [0.5, 0.6) is 0 Å². The van der Waals surface area contributed by atoms with E-state index in [9.17, 15) is 8.42 Å². The normalized spacial score (nSPS) is 12.1. The first-order valence-electron chi connectivity index (χ1n) is 4.04. The summed E-state index contributed by atoms with van der Waals surface area (Å²) in [4.78, 5) is 0.343. The van der Waals surface area contributed by atoms with E-state index >= 15 is 0 Å². The molecule has 0 bridgehead atoms. The second kappa shape index (κ2) is 4.33. The molecule has 0 heterocycles. The van der Waals surface area contributed by atoms with Gasteiger partial charge in [-0.1, -0.05) is 15.9 Å². The van der Waals surface area contributed by atoms with Crippen LogP contribution in [-0.4, -0.2) is 13.7 Å². The van der Waals surface area contributed by atoms with Gasteiger partial charge in [-0.25, -0.2) is 8.42 Å². The molecule has 0 aliphatic rings. The number of rotatable bonds is 2. The summed E-state index contributed by atoms with van der Waals surface area (Å²) in [7, 11) is -3.19. The molecule has 0 aromatic heterocycles. The molecule has 1 aromatic carbocycles. The monoisotopic (exact) mass is 340 g/mol. The van der Waals surface area contributed by atoms with Gasteiger partial charge >= 0.3 is 0 Å². The first-order chi connectivity index (χ1) is 6.35. The van der Waals surface area contributed by atoms with Gasteiger partial charge in [0.15, 0.2) is 9.84 Å². The maximum atomic E-state index is 11.8. The Balaban J connectivity index is 3.35. The lowest BCUT2D eigenvalue weighted by atomic mass is 10.4. The fourth-order valence-corrected chi connectivity index (χ4v) is 3.78. The lowest BCUT2D eigenvalue weighted by molar-refractivity contribution is 0.587. The molecular weight excluding hydrogens is 332 g/mol. The molecule has 1 rings (SSSR count). The van der Waals surface area contributed by atoms with Gasteiger partial charge in [-0.15, -0.1) is 0 Å². The minimum atomic E-state index is -3.19. The third-order valence-corrected chi connectivity index (χ3v) is 5.44. The number of hydrogen-bond acceptors (Lipinski definition) is 2. The predicted octanol–water partition coefficient (Wildman–Crippen LogP) is 3.39.